The van der Waals surface area contributed by atoms with Gasteiger partial charge in [-0.25, -0.2) is 4.68 Å². The zero-order valence-electron chi connectivity index (χ0n) is 11.2. The molecule has 0 aliphatic heterocycles. The third-order valence-corrected chi connectivity index (χ3v) is 3.99. The van der Waals surface area contributed by atoms with Crippen LogP contribution in [0.25, 0.3) is 5.69 Å². The van der Waals surface area contributed by atoms with Crippen LogP contribution >= 0.6 is 0 Å². The molecule has 94 valence electrons. The fourth-order valence-corrected chi connectivity index (χ4v) is 2.88. The highest BCUT2D eigenvalue weighted by Gasteiger charge is 2.19. The Labute approximate surface area is 109 Å². The van der Waals surface area contributed by atoms with Gasteiger partial charge in [-0.3, -0.25) is 0 Å². The predicted octanol–water partition coefficient (Wildman–Crippen LogP) is 4.15. The van der Waals surface area contributed by atoms with E-state index in [0.29, 0.717) is 5.92 Å². The van der Waals surface area contributed by atoms with Crippen LogP contribution in [0, 0.1) is 13.8 Å². The SMILES string of the molecule is Cc1ccc(C)c(-n2ccc(C3CCCC3)n2)c1. The number of rotatable bonds is 2. The molecule has 1 aromatic carbocycles. The summed E-state index contributed by atoms with van der Waals surface area (Å²) in [7, 11) is 0. The molecular formula is C16H20N2. The van der Waals surface area contributed by atoms with Gasteiger partial charge in [-0.1, -0.05) is 25.0 Å². The molecule has 1 fully saturated rings. The third-order valence-electron chi connectivity index (χ3n) is 3.99. The third kappa shape index (κ3) is 2.07. The van der Waals surface area contributed by atoms with Gasteiger partial charge < -0.3 is 0 Å². The van der Waals surface area contributed by atoms with Crippen molar-refractivity contribution in [3.63, 3.8) is 0 Å². The number of hydrogen-bond donors (Lipinski definition) is 0. The second kappa shape index (κ2) is 4.60. The first-order valence-corrected chi connectivity index (χ1v) is 6.87. The fraction of sp³-hybridized carbons (Fsp3) is 0.438. The molecule has 1 saturated carbocycles. The van der Waals surface area contributed by atoms with E-state index in [-0.39, 0.29) is 0 Å². The number of nitrogens with zero attached hydrogens (tertiary/aromatic N) is 2. The van der Waals surface area contributed by atoms with Gasteiger partial charge in [0.2, 0.25) is 0 Å². The largest absolute Gasteiger partial charge is 0.240 e. The minimum absolute atomic E-state index is 0.691. The van der Waals surface area contributed by atoms with Crippen molar-refractivity contribution in [1.82, 2.24) is 9.78 Å². The Morgan fingerprint density at radius 1 is 1.11 bits per heavy atom. The van der Waals surface area contributed by atoms with Gasteiger partial charge in [-0.15, -0.1) is 0 Å². The highest BCUT2D eigenvalue weighted by atomic mass is 15.3. The maximum absolute atomic E-state index is 4.78. The topological polar surface area (TPSA) is 17.8 Å². The molecule has 0 unspecified atom stereocenters. The molecule has 1 heterocycles. The highest BCUT2D eigenvalue weighted by molar-refractivity contribution is 5.42. The summed E-state index contributed by atoms with van der Waals surface area (Å²) in [5.41, 5.74) is 5.04. The lowest BCUT2D eigenvalue weighted by Gasteiger charge is -2.08. The maximum Gasteiger partial charge on any atom is 0.0677 e. The van der Waals surface area contributed by atoms with Gasteiger partial charge in [0.05, 0.1) is 11.4 Å². The van der Waals surface area contributed by atoms with Crippen LogP contribution in [0.5, 0.6) is 0 Å². The lowest BCUT2D eigenvalue weighted by atomic mass is 10.1. The van der Waals surface area contributed by atoms with Crippen molar-refractivity contribution in [2.24, 2.45) is 0 Å². The van der Waals surface area contributed by atoms with Gasteiger partial charge in [0.1, 0.15) is 0 Å². The molecule has 0 saturated heterocycles. The van der Waals surface area contributed by atoms with Crippen molar-refractivity contribution in [3.05, 3.63) is 47.3 Å². The second-order valence-electron chi connectivity index (χ2n) is 5.46. The number of hydrogen-bond acceptors (Lipinski definition) is 1. The van der Waals surface area contributed by atoms with Crippen LogP contribution in [-0.2, 0) is 0 Å². The predicted molar refractivity (Wildman–Crippen MR) is 74.2 cm³/mol. The van der Waals surface area contributed by atoms with Gasteiger partial charge in [0.15, 0.2) is 0 Å². The quantitative estimate of drug-likeness (QED) is 0.771. The monoisotopic (exact) mass is 240 g/mol. The maximum atomic E-state index is 4.78. The normalized spacial score (nSPS) is 16.3. The second-order valence-corrected chi connectivity index (χ2v) is 5.46. The highest BCUT2D eigenvalue weighted by Crippen LogP contribution is 2.33. The van der Waals surface area contributed by atoms with Crippen molar-refractivity contribution >= 4 is 0 Å². The molecule has 0 N–H and O–H groups in total. The molecule has 18 heavy (non-hydrogen) atoms. The molecular weight excluding hydrogens is 220 g/mol. The van der Waals surface area contributed by atoms with E-state index in [1.165, 1.54) is 48.2 Å². The molecule has 0 amide bonds. The Morgan fingerprint density at radius 3 is 2.67 bits per heavy atom. The van der Waals surface area contributed by atoms with Gasteiger partial charge >= 0.3 is 0 Å². The average molecular weight is 240 g/mol. The van der Waals surface area contributed by atoms with E-state index in [2.05, 4.69) is 44.3 Å². The summed E-state index contributed by atoms with van der Waals surface area (Å²) in [6.45, 7) is 4.27. The summed E-state index contributed by atoms with van der Waals surface area (Å²) in [5.74, 6) is 0.691. The van der Waals surface area contributed by atoms with Crippen molar-refractivity contribution in [1.29, 1.82) is 0 Å². The van der Waals surface area contributed by atoms with Gasteiger partial charge in [-0.05, 0) is 49.9 Å². The van der Waals surface area contributed by atoms with E-state index < -0.39 is 0 Å². The van der Waals surface area contributed by atoms with E-state index in [9.17, 15) is 0 Å². The summed E-state index contributed by atoms with van der Waals surface area (Å²) in [6, 6.07) is 8.72. The lowest BCUT2D eigenvalue weighted by molar-refractivity contribution is 0.678. The summed E-state index contributed by atoms with van der Waals surface area (Å²) < 4.78 is 2.04. The van der Waals surface area contributed by atoms with Gasteiger partial charge in [0, 0.05) is 12.1 Å². The molecule has 2 nitrogen and oxygen atoms in total. The zero-order valence-corrected chi connectivity index (χ0v) is 11.2. The van der Waals surface area contributed by atoms with E-state index in [1.54, 1.807) is 0 Å². The van der Waals surface area contributed by atoms with Gasteiger partial charge in [-0.2, -0.15) is 5.10 Å². The first-order chi connectivity index (χ1) is 8.74. The van der Waals surface area contributed by atoms with Gasteiger partial charge in [0.25, 0.3) is 0 Å². The molecule has 2 heteroatoms. The molecule has 1 aliphatic rings. The summed E-state index contributed by atoms with van der Waals surface area (Å²) >= 11 is 0. The van der Waals surface area contributed by atoms with E-state index in [1.807, 2.05) is 4.68 Å². The smallest absolute Gasteiger partial charge is 0.0677 e. The lowest BCUT2D eigenvalue weighted by Crippen LogP contribution is -2.01. The van der Waals surface area contributed by atoms with Crippen LogP contribution in [0.4, 0.5) is 0 Å². The average Bonchev–Trinajstić information content (AvgIpc) is 3.00. The van der Waals surface area contributed by atoms with E-state index >= 15 is 0 Å². The van der Waals surface area contributed by atoms with Crippen LogP contribution in [0.2, 0.25) is 0 Å². The fourth-order valence-electron chi connectivity index (χ4n) is 2.88. The van der Waals surface area contributed by atoms with Crippen molar-refractivity contribution in [2.45, 2.75) is 45.4 Å². The zero-order chi connectivity index (χ0) is 12.5. The van der Waals surface area contributed by atoms with E-state index in [0.717, 1.165) is 0 Å². The summed E-state index contributed by atoms with van der Waals surface area (Å²) in [5, 5.41) is 4.78. The Bertz CT molecular complexity index is 548. The summed E-state index contributed by atoms with van der Waals surface area (Å²) in [4.78, 5) is 0. The van der Waals surface area contributed by atoms with Crippen molar-refractivity contribution < 1.29 is 0 Å². The van der Waals surface area contributed by atoms with Crippen molar-refractivity contribution in [3.8, 4) is 5.69 Å². The number of benzene rings is 1. The first kappa shape index (κ1) is 11.5. The molecule has 3 rings (SSSR count). The molecule has 0 atom stereocenters. The van der Waals surface area contributed by atoms with Crippen LogP contribution in [0.1, 0.15) is 48.4 Å². The molecule has 2 aromatic rings. The Hall–Kier alpha value is -1.57. The Morgan fingerprint density at radius 2 is 1.89 bits per heavy atom. The first-order valence-electron chi connectivity index (χ1n) is 6.87. The standard InChI is InChI=1S/C16H20N2/c1-12-7-8-13(2)16(11-12)18-10-9-15(17-18)14-5-3-4-6-14/h7-11,14H,3-6H2,1-2H3. The molecule has 1 aromatic heterocycles. The van der Waals surface area contributed by atoms with Crippen LogP contribution < -0.4 is 0 Å². The van der Waals surface area contributed by atoms with Crippen LogP contribution in [-0.4, -0.2) is 9.78 Å². The van der Waals surface area contributed by atoms with Crippen molar-refractivity contribution in [2.75, 3.05) is 0 Å². The Balaban J connectivity index is 1.94. The number of aryl methyl sites for hydroxylation is 2. The minimum Gasteiger partial charge on any atom is -0.240 e. The molecule has 1 aliphatic carbocycles. The molecule has 0 bridgehead atoms. The number of aromatic nitrogens is 2. The summed E-state index contributed by atoms with van der Waals surface area (Å²) in [6.07, 6.45) is 7.45. The minimum atomic E-state index is 0.691. The Kier molecular flexibility index (Phi) is 2.94. The molecule has 0 spiro atoms. The van der Waals surface area contributed by atoms with E-state index in [4.69, 9.17) is 5.10 Å². The van der Waals surface area contributed by atoms with Crippen LogP contribution in [0.3, 0.4) is 0 Å². The molecule has 0 radical (unpaired) electrons. The van der Waals surface area contributed by atoms with Crippen LogP contribution in [0.15, 0.2) is 30.5 Å².